The second kappa shape index (κ2) is 6.45. The second-order valence-corrected chi connectivity index (χ2v) is 1.82. The van der Waals surface area contributed by atoms with E-state index in [0.29, 0.717) is 0 Å². The van der Waals surface area contributed by atoms with Gasteiger partial charge in [0, 0.05) is 14.1 Å². The maximum atomic E-state index is 10.5. The normalized spacial score (nSPS) is 7.82. The Hall–Kier alpha value is -0.260. The fourth-order valence-electron chi connectivity index (χ4n) is 0.250. The van der Waals surface area contributed by atoms with Crippen LogP contribution in [0.1, 0.15) is 0 Å². The number of ether oxygens (including phenoxy) is 1. The maximum Gasteiger partial charge on any atom is 1.00 e. The number of carboxylic acid groups (broad SMARTS) is 1. The molecule has 0 saturated carbocycles. The third-order valence-corrected chi connectivity index (χ3v) is 0.679. The van der Waals surface area contributed by atoms with Gasteiger partial charge in [-0.05, 0) is 0 Å². The van der Waals surface area contributed by atoms with Crippen molar-refractivity contribution < 1.29 is 49.0 Å². The van der Waals surface area contributed by atoms with Gasteiger partial charge in [-0.3, -0.25) is 0 Å². The molecule has 0 spiro atoms. The average Bonchev–Trinajstić information content (AvgIpc) is 1.82. The molecule has 0 aliphatic rings. The number of hydrogen-bond donors (Lipinski definition) is 0. The van der Waals surface area contributed by atoms with Crippen molar-refractivity contribution in [2.75, 3.05) is 20.7 Å². The van der Waals surface area contributed by atoms with E-state index < -0.39 is 18.7 Å². The Morgan fingerprint density at radius 1 is 1.45 bits per heavy atom. The molecule has 0 fully saturated rings. The molecule has 58 valence electrons. The number of carbonyl (C=O) groups excluding carboxylic acids is 2. The number of rotatable bonds is 2. The van der Waals surface area contributed by atoms with Crippen LogP contribution in [-0.4, -0.2) is 37.7 Å². The molecule has 0 radical (unpaired) electrons. The molecule has 0 heterocycles. The molecule has 0 saturated heterocycles. The second-order valence-electron chi connectivity index (χ2n) is 1.82. The van der Waals surface area contributed by atoms with E-state index in [1.807, 2.05) is 0 Å². The van der Waals surface area contributed by atoms with E-state index in [1.54, 1.807) is 0 Å². The summed E-state index contributed by atoms with van der Waals surface area (Å²) in [6, 6.07) is 0. The van der Waals surface area contributed by atoms with E-state index >= 15 is 0 Å². The van der Waals surface area contributed by atoms with Gasteiger partial charge in [0.15, 0.2) is 0 Å². The van der Waals surface area contributed by atoms with Crippen molar-refractivity contribution in [3.63, 3.8) is 0 Å². The first-order valence-electron chi connectivity index (χ1n) is 2.58. The average molecular weight is 169 g/mol. The molecule has 0 aliphatic carbocycles. The molecule has 0 bridgehead atoms. The minimum atomic E-state index is -1.41. The van der Waals surface area contributed by atoms with E-state index in [0.717, 1.165) is 4.90 Å². The van der Waals surface area contributed by atoms with Crippen LogP contribution in [-0.2, 0) is 9.53 Å². The molecular weight excluding hydrogens is 161 g/mol. The number of carboxylic acids is 1. The van der Waals surface area contributed by atoms with Crippen molar-refractivity contribution >= 4 is 12.1 Å². The first kappa shape index (κ1) is 13.3. The predicted molar refractivity (Wildman–Crippen MR) is 30.0 cm³/mol. The molecule has 6 heteroatoms. The van der Waals surface area contributed by atoms with Crippen LogP contribution in [0.2, 0.25) is 0 Å². The zero-order chi connectivity index (χ0) is 8.15. The first-order chi connectivity index (χ1) is 4.54. The number of aliphatic carboxylic acids is 1. The number of amides is 1. The van der Waals surface area contributed by atoms with Crippen molar-refractivity contribution in [1.29, 1.82) is 0 Å². The Balaban J connectivity index is 0. The fraction of sp³-hybridized carbons (Fsp3) is 0.600. The Kier molecular flexibility index (Phi) is 7.82. The van der Waals surface area contributed by atoms with Gasteiger partial charge in [-0.2, -0.15) is 0 Å². The van der Waals surface area contributed by atoms with Gasteiger partial charge in [0.1, 0.15) is 6.61 Å². The van der Waals surface area contributed by atoms with E-state index in [4.69, 9.17) is 0 Å². The Morgan fingerprint density at radius 3 is 2.18 bits per heavy atom. The zero-order valence-corrected chi connectivity index (χ0v) is 8.79. The quantitative estimate of drug-likeness (QED) is 0.390. The van der Waals surface area contributed by atoms with E-state index in [9.17, 15) is 14.7 Å². The molecule has 5 nitrogen and oxygen atoms in total. The van der Waals surface area contributed by atoms with Crippen LogP contribution in [0.5, 0.6) is 0 Å². The molecule has 11 heavy (non-hydrogen) atoms. The molecule has 0 aromatic rings. The summed E-state index contributed by atoms with van der Waals surface area (Å²) in [5.74, 6) is -1.41. The number of carbonyl (C=O) groups is 2. The molecule has 0 aromatic carbocycles. The SMILES string of the molecule is CN(C)C(=O)OCC(=O)[O-].[Na+]. The van der Waals surface area contributed by atoms with Gasteiger partial charge in [-0.15, -0.1) is 0 Å². The van der Waals surface area contributed by atoms with Crippen LogP contribution in [0.3, 0.4) is 0 Å². The van der Waals surface area contributed by atoms with Gasteiger partial charge in [-0.1, -0.05) is 0 Å². The third kappa shape index (κ3) is 7.64. The smallest absolute Gasteiger partial charge is 0.546 e. The van der Waals surface area contributed by atoms with E-state index in [1.165, 1.54) is 14.1 Å². The standard InChI is InChI=1S/C5H9NO4.Na/c1-6(2)5(9)10-3-4(7)8;/h3H2,1-2H3,(H,7,8);/q;+1/p-1. The fourth-order valence-corrected chi connectivity index (χ4v) is 0.250. The number of hydrogen-bond acceptors (Lipinski definition) is 4. The van der Waals surface area contributed by atoms with Crippen molar-refractivity contribution in [1.82, 2.24) is 4.90 Å². The summed E-state index contributed by atoms with van der Waals surface area (Å²) in [7, 11) is 2.91. The van der Waals surface area contributed by atoms with Gasteiger partial charge in [0.25, 0.3) is 0 Å². The van der Waals surface area contributed by atoms with Crippen molar-refractivity contribution in [2.45, 2.75) is 0 Å². The maximum absolute atomic E-state index is 10.5. The summed E-state index contributed by atoms with van der Waals surface area (Å²) in [5.41, 5.74) is 0. The predicted octanol–water partition coefficient (Wildman–Crippen LogP) is -4.56. The van der Waals surface area contributed by atoms with Crippen LogP contribution in [0.15, 0.2) is 0 Å². The van der Waals surface area contributed by atoms with Gasteiger partial charge in [-0.25, -0.2) is 4.79 Å². The summed E-state index contributed by atoms with van der Waals surface area (Å²) in [6.07, 6.45) is -0.691. The minimum Gasteiger partial charge on any atom is -0.546 e. The monoisotopic (exact) mass is 169 g/mol. The largest absolute Gasteiger partial charge is 1.00 e. The summed E-state index contributed by atoms with van der Waals surface area (Å²) >= 11 is 0. The topological polar surface area (TPSA) is 69.7 Å². The summed E-state index contributed by atoms with van der Waals surface area (Å²) < 4.78 is 4.19. The molecule has 0 rings (SSSR count). The van der Waals surface area contributed by atoms with Crippen LogP contribution < -0.4 is 34.7 Å². The van der Waals surface area contributed by atoms with Crippen molar-refractivity contribution in [3.8, 4) is 0 Å². The summed E-state index contributed by atoms with van der Waals surface area (Å²) in [4.78, 5) is 21.3. The van der Waals surface area contributed by atoms with Gasteiger partial charge in [0.2, 0.25) is 0 Å². The van der Waals surface area contributed by atoms with Crippen LogP contribution >= 0.6 is 0 Å². The van der Waals surface area contributed by atoms with Crippen LogP contribution in [0.4, 0.5) is 4.79 Å². The van der Waals surface area contributed by atoms with Crippen LogP contribution in [0.25, 0.3) is 0 Å². The Morgan fingerprint density at radius 2 is 1.91 bits per heavy atom. The van der Waals surface area contributed by atoms with E-state index in [2.05, 4.69) is 4.74 Å². The van der Waals surface area contributed by atoms with Crippen molar-refractivity contribution in [3.05, 3.63) is 0 Å². The molecule has 0 unspecified atom stereocenters. The summed E-state index contributed by atoms with van der Waals surface area (Å²) in [6.45, 7) is -0.697. The molecule has 0 aromatic heterocycles. The van der Waals surface area contributed by atoms with Gasteiger partial charge in [0.05, 0.1) is 5.97 Å². The molecule has 0 atom stereocenters. The zero-order valence-electron chi connectivity index (χ0n) is 6.79. The van der Waals surface area contributed by atoms with Gasteiger partial charge < -0.3 is 19.5 Å². The first-order valence-corrected chi connectivity index (χ1v) is 2.58. The molecule has 0 N–H and O–H groups in total. The number of nitrogens with zero attached hydrogens (tertiary/aromatic N) is 1. The molecular formula is C5H8NNaO4. The minimum absolute atomic E-state index is 0. The molecule has 1 amide bonds. The Bertz CT molecular complexity index is 147. The summed E-state index contributed by atoms with van der Waals surface area (Å²) in [5, 5.41) is 9.72. The third-order valence-electron chi connectivity index (χ3n) is 0.679. The van der Waals surface area contributed by atoms with E-state index in [-0.39, 0.29) is 29.6 Å². The van der Waals surface area contributed by atoms with Crippen LogP contribution in [0, 0.1) is 0 Å². The van der Waals surface area contributed by atoms with Gasteiger partial charge >= 0.3 is 35.7 Å². The Labute approximate surface area is 86.6 Å². The van der Waals surface area contributed by atoms with Crippen molar-refractivity contribution in [2.24, 2.45) is 0 Å². The molecule has 0 aliphatic heterocycles.